The van der Waals surface area contributed by atoms with Crippen molar-refractivity contribution in [2.24, 2.45) is 11.3 Å². The van der Waals surface area contributed by atoms with Crippen molar-refractivity contribution in [2.45, 2.75) is 62.3 Å². The maximum atomic E-state index is 11.1. The number of rotatable bonds is 5. The van der Waals surface area contributed by atoms with Gasteiger partial charge >= 0.3 is 0 Å². The summed E-state index contributed by atoms with van der Waals surface area (Å²) in [5.74, 6) is 7.56. The molecule has 10 heteroatoms. The topological polar surface area (TPSA) is 134 Å². The maximum Gasteiger partial charge on any atom is 0.209 e. The summed E-state index contributed by atoms with van der Waals surface area (Å²) in [5, 5.41) is 28.7. The molecule has 1 saturated heterocycles. The Morgan fingerprint density at radius 2 is 2.12 bits per heavy atom. The van der Waals surface area contributed by atoms with Crippen molar-refractivity contribution in [1.82, 2.24) is 24.8 Å². The first kappa shape index (κ1) is 20.4. The second-order valence-corrected chi connectivity index (χ2v) is 9.83. The van der Waals surface area contributed by atoms with E-state index in [-0.39, 0.29) is 24.3 Å². The number of aliphatic hydroxyl groups excluding tert-OH is 2. The number of likely N-dealkylation sites (N-methyl/N-ethyl adjacent to an activating group) is 1. The number of aromatic nitrogens is 4. The summed E-state index contributed by atoms with van der Waals surface area (Å²) in [4.78, 5) is 14.0. The fraction of sp³-hybridized carbons (Fsp3) is 0.542. The van der Waals surface area contributed by atoms with E-state index in [4.69, 9.17) is 14.1 Å². The molecule has 0 bridgehead atoms. The van der Waals surface area contributed by atoms with Crippen molar-refractivity contribution in [3.8, 4) is 11.8 Å². The summed E-state index contributed by atoms with van der Waals surface area (Å²) in [5.41, 5.74) is 0.809. The molecule has 7 rings (SSSR count). The van der Waals surface area contributed by atoms with Crippen molar-refractivity contribution in [1.29, 1.82) is 0 Å². The molecule has 4 heterocycles. The SMILES string of the molecule is CNC1OC1C12CC1C(n1cnc3c(NC4CCC4)nc(C#Cc4ccco4)nc31)C(O)C2O. The number of furan rings is 1. The lowest BCUT2D eigenvalue weighted by atomic mass is 9.93. The normalized spacial score (nSPS) is 36.0. The summed E-state index contributed by atoms with van der Waals surface area (Å²) in [6, 6.07) is 3.57. The highest BCUT2D eigenvalue weighted by atomic mass is 16.6. The quantitative estimate of drug-likeness (QED) is 0.324. The smallest absolute Gasteiger partial charge is 0.209 e. The lowest BCUT2D eigenvalue weighted by molar-refractivity contribution is -0.0235. The zero-order valence-corrected chi connectivity index (χ0v) is 18.7. The van der Waals surface area contributed by atoms with E-state index in [0.717, 1.165) is 19.3 Å². The number of nitrogens with one attached hydrogen (secondary N) is 2. The van der Waals surface area contributed by atoms with Crippen molar-refractivity contribution in [2.75, 3.05) is 12.4 Å². The third-order valence-electron chi connectivity index (χ3n) is 8.05. The van der Waals surface area contributed by atoms with E-state index in [1.165, 1.54) is 6.42 Å². The van der Waals surface area contributed by atoms with Gasteiger partial charge in [-0.2, -0.15) is 0 Å². The van der Waals surface area contributed by atoms with Crippen molar-refractivity contribution in [3.63, 3.8) is 0 Å². The largest absolute Gasteiger partial charge is 0.456 e. The van der Waals surface area contributed by atoms with Crippen molar-refractivity contribution in [3.05, 3.63) is 36.3 Å². The number of epoxide rings is 1. The third kappa shape index (κ3) is 2.88. The number of hydrogen-bond acceptors (Lipinski definition) is 9. The minimum Gasteiger partial charge on any atom is -0.456 e. The number of fused-ring (bicyclic) bond motifs is 2. The molecule has 34 heavy (non-hydrogen) atoms. The van der Waals surface area contributed by atoms with Gasteiger partial charge in [0.25, 0.3) is 0 Å². The highest BCUT2D eigenvalue weighted by Gasteiger charge is 2.79. The second-order valence-electron chi connectivity index (χ2n) is 9.83. The Hall–Kier alpha value is -2.97. The molecule has 0 spiro atoms. The lowest BCUT2D eigenvalue weighted by Crippen LogP contribution is -2.37. The summed E-state index contributed by atoms with van der Waals surface area (Å²) >= 11 is 0. The van der Waals surface area contributed by atoms with Crippen molar-refractivity contribution >= 4 is 17.0 Å². The number of anilines is 1. The van der Waals surface area contributed by atoms with Crippen LogP contribution >= 0.6 is 0 Å². The van der Waals surface area contributed by atoms with E-state index < -0.39 is 17.6 Å². The van der Waals surface area contributed by atoms with Crippen LogP contribution in [-0.2, 0) is 4.74 Å². The standard InChI is InChI=1S/C24H26N6O4/c1-25-23-20(34-23)24-10-14(24)17(18(31)19(24)32)30-11-26-16-21(27-12-4-2-5-12)28-15(29-22(16)30)8-7-13-6-3-9-33-13/h3,6,9,11-12,14,17-20,23,25,31-32H,2,4-5,10H2,1H3,(H,27,28,29). The van der Waals surface area contributed by atoms with Gasteiger partial charge in [0.2, 0.25) is 5.82 Å². The van der Waals surface area contributed by atoms with Crippen LogP contribution in [0.15, 0.2) is 29.1 Å². The van der Waals surface area contributed by atoms with Gasteiger partial charge in [0.1, 0.15) is 18.4 Å². The predicted molar refractivity (Wildman–Crippen MR) is 121 cm³/mol. The molecule has 7 atom stereocenters. The van der Waals surface area contributed by atoms with Crippen LogP contribution in [0.2, 0.25) is 0 Å². The van der Waals surface area contributed by atoms with Crippen LogP contribution in [0.3, 0.4) is 0 Å². The first-order chi connectivity index (χ1) is 16.6. The molecule has 0 amide bonds. The Morgan fingerprint density at radius 3 is 2.82 bits per heavy atom. The van der Waals surface area contributed by atoms with Gasteiger partial charge < -0.3 is 29.3 Å². The first-order valence-electron chi connectivity index (χ1n) is 11.9. The lowest BCUT2D eigenvalue weighted by Gasteiger charge is -2.27. The van der Waals surface area contributed by atoms with Crippen LogP contribution in [0.5, 0.6) is 0 Å². The Morgan fingerprint density at radius 1 is 1.24 bits per heavy atom. The van der Waals surface area contributed by atoms with E-state index in [1.54, 1.807) is 24.7 Å². The Balaban J connectivity index is 1.29. The second kappa shape index (κ2) is 7.26. The molecule has 4 fully saturated rings. The number of aliphatic hydroxyl groups is 2. The summed E-state index contributed by atoms with van der Waals surface area (Å²) < 4.78 is 13.0. The Labute approximate surface area is 195 Å². The number of ether oxygens (including phenoxy) is 1. The first-order valence-corrected chi connectivity index (χ1v) is 11.9. The highest BCUT2D eigenvalue weighted by Crippen LogP contribution is 2.72. The fourth-order valence-corrected chi connectivity index (χ4v) is 5.94. The molecule has 4 N–H and O–H groups in total. The Kier molecular flexibility index (Phi) is 4.36. The molecule has 0 radical (unpaired) electrons. The molecular formula is C24H26N6O4. The van der Waals surface area contributed by atoms with Crippen LogP contribution in [0.4, 0.5) is 5.82 Å². The molecule has 7 unspecified atom stereocenters. The molecule has 3 saturated carbocycles. The van der Waals surface area contributed by atoms with E-state index in [0.29, 0.717) is 34.6 Å². The molecule has 176 valence electrons. The van der Waals surface area contributed by atoms with Crippen LogP contribution in [0.1, 0.15) is 43.3 Å². The van der Waals surface area contributed by atoms with Gasteiger partial charge in [-0.15, -0.1) is 0 Å². The molecule has 1 aliphatic heterocycles. The zero-order valence-electron chi connectivity index (χ0n) is 18.7. The van der Waals surface area contributed by atoms with Crippen LogP contribution in [0.25, 0.3) is 11.2 Å². The van der Waals surface area contributed by atoms with Crippen LogP contribution in [0, 0.1) is 23.2 Å². The molecule has 10 nitrogen and oxygen atoms in total. The average molecular weight is 463 g/mol. The molecule has 3 aromatic heterocycles. The molecule has 4 aliphatic rings. The minimum atomic E-state index is -0.937. The van der Waals surface area contributed by atoms with Gasteiger partial charge in [0.15, 0.2) is 22.7 Å². The predicted octanol–water partition coefficient (Wildman–Crippen LogP) is 1.01. The van der Waals surface area contributed by atoms with Gasteiger partial charge in [0, 0.05) is 11.5 Å². The average Bonchev–Trinajstić information content (AvgIpc) is 3.60. The van der Waals surface area contributed by atoms with Gasteiger partial charge in [0.05, 0.1) is 24.7 Å². The number of nitrogens with zero attached hydrogens (tertiary/aromatic N) is 4. The van der Waals surface area contributed by atoms with Crippen LogP contribution in [-0.4, -0.2) is 67.4 Å². The molecule has 3 aliphatic carbocycles. The van der Waals surface area contributed by atoms with Gasteiger partial charge in [-0.05, 0) is 62.6 Å². The molecule has 3 aromatic rings. The van der Waals surface area contributed by atoms with E-state index in [1.807, 2.05) is 11.6 Å². The maximum absolute atomic E-state index is 11.1. The van der Waals surface area contributed by atoms with Gasteiger partial charge in [-0.3, -0.25) is 5.32 Å². The van der Waals surface area contributed by atoms with Gasteiger partial charge in [-0.1, -0.05) is 0 Å². The zero-order chi connectivity index (χ0) is 23.0. The molecular weight excluding hydrogens is 436 g/mol. The molecule has 0 aromatic carbocycles. The minimum absolute atomic E-state index is 0.0748. The summed E-state index contributed by atoms with van der Waals surface area (Å²) in [6.45, 7) is 0. The summed E-state index contributed by atoms with van der Waals surface area (Å²) in [6.07, 6.45) is 5.47. The van der Waals surface area contributed by atoms with Gasteiger partial charge in [-0.25, -0.2) is 15.0 Å². The highest BCUT2D eigenvalue weighted by molar-refractivity contribution is 5.83. The Bertz CT molecular complexity index is 1310. The van der Waals surface area contributed by atoms with E-state index in [2.05, 4.69) is 32.4 Å². The fourth-order valence-electron chi connectivity index (χ4n) is 5.94. The van der Waals surface area contributed by atoms with Crippen molar-refractivity contribution < 1.29 is 19.4 Å². The van der Waals surface area contributed by atoms with E-state index >= 15 is 0 Å². The summed E-state index contributed by atoms with van der Waals surface area (Å²) in [7, 11) is 1.84. The number of hydrogen-bond donors (Lipinski definition) is 4. The van der Waals surface area contributed by atoms with E-state index in [9.17, 15) is 10.2 Å². The third-order valence-corrected chi connectivity index (χ3v) is 8.05. The van der Waals surface area contributed by atoms with Crippen LogP contribution < -0.4 is 10.6 Å². The number of imidazole rings is 1. The monoisotopic (exact) mass is 462 g/mol.